The minimum Gasteiger partial charge on any atom is -0.355 e. The van der Waals surface area contributed by atoms with Crippen molar-refractivity contribution >= 4 is 15.7 Å². The third-order valence-electron chi connectivity index (χ3n) is 3.77. The van der Waals surface area contributed by atoms with E-state index in [9.17, 15) is 13.2 Å². The molecule has 0 saturated carbocycles. The standard InChI is InChI=1S/C12H24N2O3S/c1-12(2,18(3,16)17)11(15)14-9-6-10-4-7-13-8-5-10/h10,13H,4-9H2,1-3H3,(H,14,15). The Morgan fingerprint density at radius 1 is 1.33 bits per heavy atom. The van der Waals surface area contributed by atoms with Crippen LogP contribution in [0.2, 0.25) is 0 Å². The summed E-state index contributed by atoms with van der Waals surface area (Å²) in [6.45, 7) is 5.52. The van der Waals surface area contributed by atoms with Crippen LogP contribution < -0.4 is 10.6 Å². The molecule has 1 heterocycles. The molecule has 0 radical (unpaired) electrons. The van der Waals surface area contributed by atoms with Gasteiger partial charge in [-0.2, -0.15) is 0 Å². The van der Waals surface area contributed by atoms with Gasteiger partial charge in [0.25, 0.3) is 0 Å². The second-order valence-corrected chi connectivity index (χ2v) is 8.09. The van der Waals surface area contributed by atoms with Crippen LogP contribution in [0.4, 0.5) is 0 Å². The van der Waals surface area contributed by atoms with Gasteiger partial charge in [0.2, 0.25) is 5.91 Å². The maximum atomic E-state index is 11.9. The van der Waals surface area contributed by atoms with Gasteiger partial charge in [-0.3, -0.25) is 4.79 Å². The summed E-state index contributed by atoms with van der Waals surface area (Å²) in [6.07, 6.45) is 4.28. The highest BCUT2D eigenvalue weighted by atomic mass is 32.2. The van der Waals surface area contributed by atoms with Gasteiger partial charge in [0.1, 0.15) is 4.75 Å². The zero-order chi connectivity index (χ0) is 13.8. The van der Waals surface area contributed by atoms with Crippen LogP contribution in [0.3, 0.4) is 0 Å². The van der Waals surface area contributed by atoms with E-state index in [0.29, 0.717) is 12.5 Å². The first-order chi connectivity index (χ1) is 8.25. The Labute approximate surface area is 110 Å². The van der Waals surface area contributed by atoms with E-state index in [0.717, 1.165) is 38.6 Å². The molecule has 0 bridgehead atoms. The van der Waals surface area contributed by atoms with E-state index in [-0.39, 0.29) is 0 Å². The van der Waals surface area contributed by atoms with E-state index in [1.165, 1.54) is 13.8 Å². The lowest BCUT2D eigenvalue weighted by Gasteiger charge is -2.24. The van der Waals surface area contributed by atoms with Crippen LogP contribution in [-0.4, -0.2) is 45.0 Å². The number of nitrogens with one attached hydrogen (secondary N) is 2. The molecule has 0 aromatic rings. The molecule has 6 heteroatoms. The monoisotopic (exact) mass is 276 g/mol. The van der Waals surface area contributed by atoms with Crippen molar-refractivity contribution < 1.29 is 13.2 Å². The molecule has 0 atom stereocenters. The lowest BCUT2D eigenvalue weighted by molar-refractivity contribution is -0.122. The highest BCUT2D eigenvalue weighted by molar-refractivity contribution is 7.92. The van der Waals surface area contributed by atoms with E-state index in [1.807, 2.05) is 0 Å². The quantitative estimate of drug-likeness (QED) is 0.758. The molecule has 0 aromatic carbocycles. The SMILES string of the molecule is CC(C)(C(=O)NCCC1CCNCC1)S(C)(=O)=O. The number of hydrogen-bond donors (Lipinski definition) is 2. The zero-order valence-electron chi connectivity index (χ0n) is 11.5. The summed E-state index contributed by atoms with van der Waals surface area (Å²) in [5.74, 6) is 0.229. The van der Waals surface area contributed by atoms with Crippen LogP contribution in [0.5, 0.6) is 0 Å². The first kappa shape index (κ1) is 15.4. The second kappa shape index (κ2) is 6.02. The van der Waals surface area contributed by atoms with Crippen molar-refractivity contribution in [2.75, 3.05) is 25.9 Å². The molecular weight excluding hydrogens is 252 g/mol. The number of rotatable bonds is 5. The molecule has 1 rings (SSSR count). The fourth-order valence-corrected chi connectivity index (χ4v) is 2.35. The van der Waals surface area contributed by atoms with Gasteiger partial charge in [-0.25, -0.2) is 8.42 Å². The van der Waals surface area contributed by atoms with Crippen molar-refractivity contribution in [3.63, 3.8) is 0 Å². The number of amides is 1. The fraction of sp³-hybridized carbons (Fsp3) is 0.917. The Bertz CT molecular complexity index is 384. The molecule has 2 N–H and O–H groups in total. The summed E-state index contributed by atoms with van der Waals surface area (Å²) in [4.78, 5) is 11.9. The Kier molecular flexibility index (Phi) is 5.16. The van der Waals surface area contributed by atoms with Gasteiger partial charge < -0.3 is 10.6 Å². The Morgan fingerprint density at radius 3 is 2.39 bits per heavy atom. The second-order valence-electron chi connectivity index (χ2n) is 5.52. The average Bonchev–Trinajstić information content (AvgIpc) is 2.28. The number of carbonyl (C=O) groups is 1. The molecule has 5 nitrogen and oxygen atoms in total. The largest absolute Gasteiger partial charge is 0.355 e. The maximum absolute atomic E-state index is 11.9. The summed E-state index contributed by atoms with van der Waals surface area (Å²) in [5, 5.41) is 6.03. The first-order valence-corrected chi connectivity index (χ1v) is 8.33. The van der Waals surface area contributed by atoms with Crippen LogP contribution in [0.25, 0.3) is 0 Å². The smallest absolute Gasteiger partial charge is 0.240 e. The van der Waals surface area contributed by atoms with Crippen molar-refractivity contribution in [3.8, 4) is 0 Å². The van der Waals surface area contributed by atoms with Crippen molar-refractivity contribution in [2.45, 2.75) is 37.9 Å². The van der Waals surface area contributed by atoms with Crippen molar-refractivity contribution in [1.29, 1.82) is 0 Å². The van der Waals surface area contributed by atoms with Gasteiger partial charge in [-0.15, -0.1) is 0 Å². The first-order valence-electron chi connectivity index (χ1n) is 6.44. The fourth-order valence-electron chi connectivity index (χ4n) is 1.94. The molecule has 1 amide bonds. The normalized spacial score (nSPS) is 18.6. The molecule has 1 saturated heterocycles. The Hall–Kier alpha value is -0.620. The van der Waals surface area contributed by atoms with Crippen LogP contribution in [0.1, 0.15) is 33.1 Å². The molecule has 1 aliphatic heterocycles. The molecule has 0 aliphatic carbocycles. The lowest BCUT2D eigenvalue weighted by Crippen LogP contribution is -2.48. The molecule has 18 heavy (non-hydrogen) atoms. The summed E-state index contributed by atoms with van der Waals surface area (Å²) in [6, 6.07) is 0. The lowest BCUT2D eigenvalue weighted by atomic mass is 9.95. The number of sulfone groups is 1. The summed E-state index contributed by atoms with van der Waals surface area (Å²) in [7, 11) is -3.38. The van der Waals surface area contributed by atoms with Gasteiger partial charge in [0.05, 0.1) is 0 Å². The van der Waals surface area contributed by atoms with E-state index in [4.69, 9.17) is 0 Å². The third-order valence-corrected chi connectivity index (χ3v) is 5.81. The molecule has 1 fully saturated rings. The molecule has 1 aliphatic rings. The van der Waals surface area contributed by atoms with Gasteiger partial charge in [0.15, 0.2) is 9.84 Å². The minimum atomic E-state index is -3.38. The topological polar surface area (TPSA) is 75.3 Å². The van der Waals surface area contributed by atoms with Crippen LogP contribution in [0, 0.1) is 5.92 Å². The predicted octanol–water partition coefficient (Wildman–Crippen LogP) is 0.316. The van der Waals surface area contributed by atoms with E-state index in [1.54, 1.807) is 0 Å². The van der Waals surface area contributed by atoms with Crippen LogP contribution in [-0.2, 0) is 14.6 Å². The average molecular weight is 276 g/mol. The van der Waals surface area contributed by atoms with Gasteiger partial charge >= 0.3 is 0 Å². The minimum absolute atomic E-state index is 0.404. The highest BCUT2D eigenvalue weighted by Gasteiger charge is 2.38. The van der Waals surface area contributed by atoms with Gasteiger partial charge in [-0.1, -0.05) is 0 Å². The van der Waals surface area contributed by atoms with Crippen LogP contribution in [0.15, 0.2) is 0 Å². The molecular formula is C12H24N2O3S. The van der Waals surface area contributed by atoms with Crippen molar-refractivity contribution in [3.05, 3.63) is 0 Å². The van der Waals surface area contributed by atoms with Crippen molar-refractivity contribution in [2.24, 2.45) is 5.92 Å². The summed E-state index contributed by atoms with van der Waals surface area (Å²) >= 11 is 0. The third kappa shape index (κ3) is 3.95. The number of piperidine rings is 1. The molecule has 0 unspecified atom stereocenters. The van der Waals surface area contributed by atoms with E-state index < -0.39 is 20.5 Å². The number of hydrogen-bond acceptors (Lipinski definition) is 4. The van der Waals surface area contributed by atoms with Crippen LogP contribution >= 0.6 is 0 Å². The Balaban J connectivity index is 2.37. The Morgan fingerprint density at radius 2 is 1.89 bits per heavy atom. The highest BCUT2D eigenvalue weighted by Crippen LogP contribution is 2.17. The molecule has 0 spiro atoms. The maximum Gasteiger partial charge on any atom is 0.240 e. The molecule has 106 valence electrons. The summed E-state index contributed by atoms with van der Waals surface area (Å²) < 4.78 is 21.6. The number of carbonyl (C=O) groups excluding carboxylic acids is 1. The van der Waals surface area contributed by atoms with Gasteiger partial charge in [-0.05, 0) is 52.1 Å². The van der Waals surface area contributed by atoms with Crippen molar-refractivity contribution in [1.82, 2.24) is 10.6 Å². The van der Waals surface area contributed by atoms with E-state index >= 15 is 0 Å². The predicted molar refractivity (Wildman–Crippen MR) is 72.1 cm³/mol. The summed E-state index contributed by atoms with van der Waals surface area (Å²) in [5.41, 5.74) is 0. The van der Waals surface area contributed by atoms with Gasteiger partial charge in [0, 0.05) is 12.8 Å². The zero-order valence-corrected chi connectivity index (χ0v) is 12.3. The molecule has 0 aromatic heterocycles. The van der Waals surface area contributed by atoms with E-state index in [2.05, 4.69) is 10.6 Å².